The van der Waals surface area contributed by atoms with Gasteiger partial charge in [0, 0.05) is 5.56 Å². The number of rotatable bonds is 5. The average molecular weight is 555 g/mol. The third-order valence-corrected chi connectivity index (χ3v) is 5.90. The van der Waals surface area contributed by atoms with Crippen LogP contribution in [0.25, 0.3) is 6.08 Å². The number of imide groups is 2. The normalized spacial score (nSPS) is 14.6. The van der Waals surface area contributed by atoms with Gasteiger partial charge < -0.3 is 4.74 Å². The first-order valence-electron chi connectivity index (χ1n) is 10.1. The molecule has 7 nitrogen and oxygen atoms in total. The lowest BCUT2D eigenvalue weighted by molar-refractivity contribution is -0.122. The van der Waals surface area contributed by atoms with Crippen molar-refractivity contribution in [3.8, 4) is 11.8 Å². The second kappa shape index (κ2) is 10.1. The van der Waals surface area contributed by atoms with E-state index in [9.17, 15) is 24.0 Å². The average Bonchev–Trinajstić information content (AvgIpc) is 2.82. The molecule has 1 heterocycles. The Balaban J connectivity index is 1.61. The van der Waals surface area contributed by atoms with E-state index in [1.54, 1.807) is 30.3 Å². The molecule has 1 aliphatic rings. The number of carbonyl (C=O) groups excluding carboxylic acids is 3. The molecule has 0 spiro atoms. The molecule has 1 fully saturated rings. The summed E-state index contributed by atoms with van der Waals surface area (Å²) in [7, 11) is 0. The number of nitrogens with one attached hydrogen (secondary N) is 1. The van der Waals surface area contributed by atoms with Crippen molar-refractivity contribution in [2.75, 3.05) is 4.90 Å². The SMILES string of the molecule is N#Cc1ccccc1COc1c(Cl)cc(/C=C2\C(=O)NC(=O)N(c3ccc(F)cc3)C2=O)cc1Br. The van der Waals surface area contributed by atoms with Crippen LogP contribution in [0.1, 0.15) is 16.7 Å². The number of nitrogens with zero attached hydrogens (tertiary/aromatic N) is 2. The largest absolute Gasteiger partial charge is 0.486 e. The van der Waals surface area contributed by atoms with Gasteiger partial charge in [-0.15, -0.1) is 0 Å². The molecule has 0 radical (unpaired) electrons. The van der Waals surface area contributed by atoms with Crippen molar-refractivity contribution < 1.29 is 23.5 Å². The number of barbiturate groups is 1. The van der Waals surface area contributed by atoms with Gasteiger partial charge in [0.2, 0.25) is 0 Å². The number of anilines is 1. The molecular formula is C25H14BrClFN3O4. The molecule has 1 N–H and O–H groups in total. The fraction of sp³-hybridized carbons (Fsp3) is 0.0400. The van der Waals surface area contributed by atoms with Crippen LogP contribution in [0.3, 0.4) is 0 Å². The zero-order valence-electron chi connectivity index (χ0n) is 17.7. The van der Waals surface area contributed by atoms with E-state index in [1.165, 1.54) is 24.3 Å². The summed E-state index contributed by atoms with van der Waals surface area (Å²) in [6, 6.07) is 15.9. The van der Waals surface area contributed by atoms with Crippen molar-refractivity contribution in [3.63, 3.8) is 0 Å². The molecule has 4 amide bonds. The summed E-state index contributed by atoms with van der Waals surface area (Å²) in [5, 5.41) is 11.5. The Bertz CT molecular complexity index is 1410. The van der Waals surface area contributed by atoms with E-state index in [0.29, 0.717) is 26.9 Å². The van der Waals surface area contributed by atoms with Crippen molar-refractivity contribution in [1.29, 1.82) is 5.26 Å². The summed E-state index contributed by atoms with van der Waals surface area (Å²) >= 11 is 9.77. The molecule has 0 atom stereocenters. The highest BCUT2D eigenvalue weighted by Crippen LogP contribution is 2.36. The van der Waals surface area contributed by atoms with Gasteiger partial charge in [0.25, 0.3) is 11.8 Å². The fourth-order valence-corrected chi connectivity index (χ4v) is 4.34. The first kappa shape index (κ1) is 24.1. The second-order valence-corrected chi connectivity index (χ2v) is 8.57. The molecule has 0 aliphatic carbocycles. The number of benzene rings is 3. The first-order chi connectivity index (χ1) is 16.8. The molecule has 1 saturated heterocycles. The Morgan fingerprint density at radius 1 is 1.11 bits per heavy atom. The van der Waals surface area contributed by atoms with Crippen molar-refractivity contribution in [1.82, 2.24) is 5.32 Å². The maximum atomic E-state index is 13.3. The van der Waals surface area contributed by atoms with Gasteiger partial charge in [-0.1, -0.05) is 29.8 Å². The fourth-order valence-electron chi connectivity index (χ4n) is 3.35. The molecule has 0 aromatic heterocycles. The Labute approximate surface area is 212 Å². The lowest BCUT2D eigenvalue weighted by atomic mass is 10.1. The summed E-state index contributed by atoms with van der Waals surface area (Å²) in [6.45, 7) is 0.0954. The summed E-state index contributed by atoms with van der Waals surface area (Å²) in [4.78, 5) is 38.4. The maximum absolute atomic E-state index is 13.3. The van der Waals surface area contributed by atoms with Gasteiger partial charge in [-0.2, -0.15) is 5.26 Å². The minimum Gasteiger partial charge on any atom is -0.486 e. The van der Waals surface area contributed by atoms with E-state index in [-0.39, 0.29) is 22.9 Å². The lowest BCUT2D eigenvalue weighted by Gasteiger charge is -2.26. The Morgan fingerprint density at radius 2 is 1.83 bits per heavy atom. The van der Waals surface area contributed by atoms with Crippen LogP contribution >= 0.6 is 27.5 Å². The lowest BCUT2D eigenvalue weighted by Crippen LogP contribution is -2.54. The van der Waals surface area contributed by atoms with Gasteiger partial charge in [-0.25, -0.2) is 14.1 Å². The number of nitriles is 1. The molecule has 3 aromatic carbocycles. The van der Waals surface area contributed by atoms with Crippen molar-refractivity contribution in [3.05, 3.63) is 98.2 Å². The van der Waals surface area contributed by atoms with E-state index in [0.717, 1.165) is 17.0 Å². The Morgan fingerprint density at radius 3 is 2.51 bits per heavy atom. The highest BCUT2D eigenvalue weighted by Gasteiger charge is 2.36. The molecule has 3 aromatic rings. The molecule has 0 unspecified atom stereocenters. The van der Waals surface area contributed by atoms with Gasteiger partial charge >= 0.3 is 6.03 Å². The Kier molecular flexibility index (Phi) is 6.96. The quantitative estimate of drug-likeness (QED) is 0.338. The highest BCUT2D eigenvalue weighted by molar-refractivity contribution is 9.10. The van der Waals surface area contributed by atoms with Crippen molar-refractivity contribution in [2.45, 2.75) is 6.61 Å². The summed E-state index contributed by atoms with van der Waals surface area (Å²) in [5.41, 5.74) is 1.34. The van der Waals surface area contributed by atoms with Crippen LogP contribution in [0.2, 0.25) is 5.02 Å². The minimum absolute atomic E-state index is 0.0954. The van der Waals surface area contributed by atoms with Gasteiger partial charge in [0.15, 0.2) is 5.75 Å². The number of urea groups is 1. The van der Waals surface area contributed by atoms with Crippen LogP contribution in [0.5, 0.6) is 5.75 Å². The van der Waals surface area contributed by atoms with Crippen LogP contribution in [0.15, 0.2) is 70.7 Å². The topological polar surface area (TPSA) is 99.5 Å². The molecule has 174 valence electrons. The number of hydrogen-bond acceptors (Lipinski definition) is 5. The minimum atomic E-state index is -0.940. The zero-order chi connectivity index (χ0) is 25.1. The van der Waals surface area contributed by atoms with E-state index < -0.39 is 23.7 Å². The van der Waals surface area contributed by atoms with Crippen LogP contribution in [0.4, 0.5) is 14.9 Å². The second-order valence-electron chi connectivity index (χ2n) is 7.31. The molecule has 10 heteroatoms. The van der Waals surface area contributed by atoms with Crippen molar-refractivity contribution in [2.24, 2.45) is 0 Å². The zero-order valence-corrected chi connectivity index (χ0v) is 20.1. The number of hydrogen-bond donors (Lipinski definition) is 1. The van der Waals surface area contributed by atoms with Crippen molar-refractivity contribution >= 4 is 57.1 Å². The van der Waals surface area contributed by atoms with Gasteiger partial charge in [-0.3, -0.25) is 14.9 Å². The van der Waals surface area contributed by atoms with Gasteiger partial charge in [-0.05, 0) is 70.0 Å². The molecule has 0 saturated carbocycles. The summed E-state index contributed by atoms with van der Waals surface area (Å²) < 4.78 is 19.5. The predicted octanol–water partition coefficient (Wildman–Crippen LogP) is 5.36. The molecule has 0 bridgehead atoms. The molecule has 35 heavy (non-hydrogen) atoms. The third kappa shape index (κ3) is 5.09. The number of halogens is 3. The smallest absolute Gasteiger partial charge is 0.335 e. The van der Waals surface area contributed by atoms with Crippen LogP contribution in [-0.2, 0) is 16.2 Å². The number of carbonyl (C=O) groups is 3. The first-order valence-corrected chi connectivity index (χ1v) is 11.2. The van der Waals surface area contributed by atoms with Gasteiger partial charge in [0.1, 0.15) is 18.0 Å². The molecular weight excluding hydrogens is 541 g/mol. The molecule has 1 aliphatic heterocycles. The van der Waals surface area contributed by atoms with Crippen LogP contribution in [0, 0.1) is 17.1 Å². The highest BCUT2D eigenvalue weighted by atomic mass is 79.9. The van der Waals surface area contributed by atoms with Crippen LogP contribution in [-0.4, -0.2) is 17.8 Å². The van der Waals surface area contributed by atoms with E-state index >= 15 is 0 Å². The van der Waals surface area contributed by atoms with E-state index in [2.05, 4.69) is 27.3 Å². The monoisotopic (exact) mass is 553 g/mol. The maximum Gasteiger partial charge on any atom is 0.335 e. The third-order valence-electron chi connectivity index (χ3n) is 5.03. The predicted molar refractivity (Wildman–Crippen MR) is 130 cm³/mol. The summed E-state index contributed by atoms with van der Waals surface area (Å²) in [6.07, 6.45) is 1.28. The summed E-state index contributed by atoms with van der Waals surface area (Å²) in [5.74, 6) is -1.97. The molecule has 4 rings (SSSR count). The van der Waals surface area contributed by atoms with Crippen LogP contribution < -0.4 is 15.0 Å². The Hall–Kier alpha value is -4.00. The standard InChI is InChI=1S/C25H14BrClFN3O4/c26-20-10-14(11-21(27)22(20)35-13-16-4-2-1-3-15(16)12-29)9-19-23(32)30-25(34)31(24(19)33)18-7-5-17(28)6-8-18/h1-11H,13H2,(H,30,32,34)/b19-9+. The van der Waals surface area contributed by atoms with Gasteiger partial charge in [0.05, 0.1) is 26.8 Å². The number of amides is 4. The van der Waals surface area contributed by atoms with E-state index in [1.807, 2.05) is 0 Å². The number of ether oxygens (including phenoxy) is 1. The van der Waals surface area contributed by atoms with E-state index in [4.69, 9.17) is 16.3 Å².